The lowest BCUT2D eigenvalue weighted by Crippen LogP contribution is -2.44. The maximum Gasteiger partial charge on any atom is 0.152 e. The zero-order valence-corrected chi connectivity index (χ0v) is 11.6. The van der Waals surface area contributed by atoms with E-state index in [4.69, 9.17) is 17.3 Å². The van der Waals surface area contributed by atoms with Crippen molar-refractivity contribution in [1.82, 2.24) is 4.90 Å². The zero-order valence-electron chi connectivity index (χ0n) is 10.0. The highest BCUT2D eigenvalue weighted by Gasteiger charge is 2.27. The predicted octanol–water partition coefficient (Wildman–Crippen LogP) is 1.07. The third kappa shape index (κ3) is 3.23. The number of nitrogens with zero attached hydrogens (tertiary/aromatic N) is 1. The minimum atomic E-state index is -2.85. The molecule has 0 saturated carbocycles. The van der Waals surface area contributed by atoms with Crippen LogP contribution in [0.25, 0.3) is 0 Å². The molecule has 1 heterocycles. The summed E-state index contributed by atoms with van der Waals surface area (Å²) >= 11 is 5.86. The summed E-state index contributed by atoms with van der Waals surface area (Å²) in [4.78, 5) is 2.13. The molecule has 1 saturated heterocycles. The van der Waals surface area contributed by atoms with Gasteiger partial charge in [0, 0.05) is 30.7 Å². The molecular formula is C12H17ClN2O2S. The molecule has 0 bridgehead atoms. The largest absolute Gasteiger partial charge is 0.329 e. The van der Waals surface area contributed by atoms with Crippen molar-refractivity contribution in [2.45, 2.75) is 6.04 Å². The lowest BCUT2D eigenvalue weighted by molar-refractivity contribution is 0.219. The van der Waals surface area contributed by atoms with Gasteiger partial charge in [0.15, 0.2) is 9.84 Å². The topological polar surface area (TPSA) is 63.4 Å². The lowest BCUT2D eigenvalue weighted by atomic mass is 10.1. The van der Waals surface area contributed by atoms with E-state index in [0.29, 0.717) is 24.7 Å². The molecule has 1 aromatic carbocycles. The Balaban J connectivity index is 2.12. The maximum absolute atomic E-state index is 11.4. The van der Waals surface area contributed by atoms with E-state index in [1.54, 1.807) is 0 Å². The Kier molecular flexibility index (Phi) is 4.27. The first-order chi connectivity index (χ1) is 8.52. The summed E-state index contributed by atoms with van der Waals surface area (Å²) < 4.78 is 22.8. The number of hydrogen-bond donors (Lipinski definition) is 1. The Morgan fingerprint density at radius 1 is 1.22 bits per heavy atom. The van der Waals surface area contributed by atoms with E-state index in [1.807, 2.05) is 24.3 Å². The van der Waals surface area contributed by atoms with Crippen molar-refractivity contribution in [3.05, 3.63) is 34.9 Å². The third-order valence-corrected chi connectivity index (χ3v) is 5.16. The molecule has 0 spiro atoms. The van der Waals surface area contributed by atoms with Crippen LogP contribution in [0.1, 0.15) is 11.6 Å². The summed E-state index contributed by atoms with van der Waals surface area (Å²) in [6.45, 7) is 1.57. The number of halogens is 1. The number of sulfone groups is 1. The number of benzene rings is 1. The van der Waals surface area contributed by atoms with Crippen molar-refractivity contribution in [2.75, 3.05) is 31.1 Å². The Morgan fingerprint density at radius 3 is 2.28 bits per heavy atom. The fourth-order valence-electron chi connectivity index (χ4n) is 2.22. The van der Waals surface area contributed by atoms with Gasteiger partial charge in [0.2, 0.25) is 0 Å². The molecule has 1 fully saturated rings. The number of rotatable bonds is 3. The first-order valence-electron chi connectivity index (χ1n) is 5.92. The molecule has 1 aromatic rings. The summed E-state index contributed by atoms with van der Waals surface area (Å²) in [6.07, 6.45) is 0. The van der Waals surface area contributed by atoms with E-state index in [9.17, 15) is 8.42 Å². The van der Waals surface area contributed by atoms with Crippen LogP contribution in [0.3, 0.4) is 0 Å². The average molecular weight is 289 g/mol. The normalized spacial score (nSPS) is 21.7. The van der Waals surface area contributed by atoms with Crippen molar-refractivity contribution in [2.24, 2.45) is 5.73 Å². The molecule has 100 valence electrons. The second-order valence-electron chi connectivity index (χ2n) is 4.49. The first kappa shape index (κ1) is 13.8. The van der Waals surface area contributed by atoms with Crippen LogP contribution in [0.15, 0.2) is 24.3 Å². The molecule has 2 rings (SSSR count). The lowest BCUT2D eigenvalue weighted by Gasteiger charge is -2.34. The maximum atomic E-state index is 11.4. The van der Waals surface area contributed by atoms with Gasteiger partial charge in [-0.2, -0.15) is 0 Å². The molecule has 1 aliphatic rings. The van der Waals surface area contributed by atoms with Crippen LogP contribution in [0, 0.1) is 0 Å². The third-order valence-electron chi connectivity index (χ3n) is 3.30. The Morgan fingerprint density at radius 2 is 1.78 bits per heavy atom. The van der Waals surface area contributed by atoms with Gasteiger partial charge in [0.1, 0.15) is 0 Å². The molecule has 18 heavy (non-hydrogen) atoms. The summed E-state index contributed by atoms with van der Waals surface area (Å²) in [6, 6.07) is 7.63. The molecule has 1 atom stereocenters. The Bertz CT molecular complexity index is 487. The van der Waals surface area contributed by atoms with Gasteiger partial charge in [-0.15, -0.1) is 0 Å². The van der Waals surface area contributed by atoms with Gasteiger partial charge in [-0.25, -0.2) is 8.42 Å². The highest BCUT2D eigenvalue weighted by molar-refractivity contribution is 7.91. The van der Waals surface area contributed by atoms with Gasteiger partial charge < -0.3 is 5.73 Å². The molecule has 2 N–H and O–H groups in total. The number of nitrogens with two attached hydrogens (primary N) is 1. The van der Waals surface area contributed by atoms with Crippen molar-refractivity contribution >= 4 is 21.4 Å². The van der Waals surface area contributed by atoms with Crippen molar-refractivity contribution in [3.63, 3.8) is 0 Å². The van der Waals surface area contributed by atoms with Crippen LogP contribution in [0.5, 0.6) is 0 Å². The summed E-state index contributed by atoms with van der Waals surface area (Å²) in [5, 5.41) is 0.691. The van der Waals surface area contributed by atoms with E-state index in [-0.39, 0.29) is 17.5 Å². The molecule has 0 amide bonds. The van der Waals surface area contributed by atoms with Crippen LogP contribution in [-0.4, -0.2) is 44.5 Å². The Hall–Kier alpha value is -0.620. The zero-order chi connectivity index (χ0) is 13.2. The summed E-state index contributed by atoms with van der Waals surface area (Å²) in [5.41, 5.74) is 6.90. The van der Waals surface area contributed by atoms with Gasteiger partial charge >= 0.3 is 0 Å². The van der Waals surface area contributed by atoms with Crippen LogP contribution < -0.4 is 5.73 Å². The first-order valence-corrected chi connectivity index (χ1v) is 8.12. The molecule has 0 radical (unpaired) electrons. The minimum Gasteiger partial charge on any atom is -0.329 e. The monoisotopic (exact) mass is 288 g/mol. The molecule has 1 aliphatic heterocycles. The number of hydrogen-bond acceptors (Lipinski definition) is 4. The minimum absolute atomic E-state index is 0.0674. The van der Waals surface area contributed by atoms with Gasteiger partial charge in [-0.1, -0.05) is 23.7 Å². The van der Waals surface area contributed by atoms with Crippen molar-refractivity contribution in [3.8, 4) is 0 Å². The molecule has 0 aliphatic carbocycles. The second kappa shape index (κ2) is 5.57. The van der Waals surface area contributed by atoms with E-state index in [2.05, 4.69) is 4.90 Å². The van der Waals surface area contributed by atoms with Crippen LogP contribution in [0.2, 0.25) is 5.02 Å². The predicted molar refractivity (Wildman–Crippen MR) is 73.5 cm³/mol. The van der Waals surface area contributed by atoms with Gasteiger partial charge in [0.05, 0.1) is 11.5 Å². The molecular weight excluding hydrogens is 272 g/mol. The Labute approximate surface area is 113 Å². The SMILES string of the molecule is NCC(c1ccc(Cl)cc1)N1CCS(=O)(=O)CC1. The molecule has 0 aromatic heterocycles. The average Bonchev–Trinajstić information content (AvgIpc) is 2.34. The fourth-order valence-corrected chi connectivity index (χ4v) is 3.57. The van der Waals surface area contributed by atoms with E-state index in [1.165, 1.54) is 0 Å². The molecule has 6 heteroatoms. The molecule has 4 nitrogen and oxygen atoms in total. The second-order valence-corrected chi connectivity index (χ2v) is 7.23. The molecule has 1 unspecified atom stereocenters. The smallest absolute Gasteiger partial charge is 0.152 e. The van der Waals surface area contributed by atoms with Crippen LogP contribution in [-0.2, 0) is 9.84 Å². The highest BCUT2D eigenvalue weighted by Crippen LogP contribution is 2.23. The van der Waals surface area contributed by atoms with E-state index in [0.717, 1.165) is 5.56 Å². The highest BCUT2D eigenvalue weighted by atomic mass is 35.5. The van der Waals surface area contributed by atoms with Crippen LogP contribution in [0.4, 0.5) is 0 Å². The summed E-state index contributed by atoms with van der Waals surface area (Å²) in [7, 11) is -2.85. The van der Waals surface area contributed by atoms with Crippen molar-refractivity contribution in [1.29, 1.82) is 0 Å². The standard InChI is InChI=1S/C12H17ClN2O2S/c13-11-3-1-10(2-4-11)12(9-14)15-5-7-18(16,17)8-6-15/h1-4,12H,5-9,14H2. The van der Waals surface area contributed by atoms with Gasteiger partial charge in [-0.3, -0.25) is 4.90 Å². The van der Waals surface area contributed by atoms with Crippen LogP contribution >= 0.6 is 11.6 Å². The summed E-state index contributed by atoms with van der Waals surface area (Å²) in [5.74, 6) is 0.439. The fraction of sp³-hybridized carbons (Fsp3) is 0.500. The van der Waals surface area contributed by atoms with Gasteiger partial charge in [-0.05, 0) is 17.7 Å². The van der Waals surface area contributed by atoms with Crippen molar-refractivity contribution < 1.29 is 8.42 Å². The van der Waals surface area contributed by atoms with Gasteiger partial charge in [0.25, 0.3) is 0 Å². The van der Waals surface area contributed by atoms with E-state index < -0.39 is 9.84 Å². The quantitative estimate of drug-likeness (QED) is 0.904. The van der Waals surface area contributed by atoms with E-state index >= 15 is 0 Å².